The molecule has 0 fully saturated rings. The van der Waals surface area contributed by atoms with E-state index in [9.17, 15) is 4.79 Å². The van der Waals surface area contributed by atoms with Crippen molar-refractivity contribution in [3.05, 3.63) is 33.4 Å². The lowest BCUT2D eigenvalue weighted by atomic mass is 9.84. The first-order chi connectivity index (χ1) is 8.58. The zero-order valence-corrected chi connectivity index (χ0v) is 14.5. The first-order valence-electron chi connectivity index (χ1n) is 6.17. The number of benzene rings is 1. The van der Waals surface area contributed by atoms with Gasteiger partial charge in [0.05, 0.1) is 5.56 Å². The molecule has 0 aliphatic carbocycles. The predicted octanol–water partition coefficient (Wildman–Crippen LogP) is 4.22. The fraction of sp³-hybridized carbons (Fsp3) is 0.500. The van der Waals surface area contributed by atoms with Gasteiger partial charge in [-0.3, -0.25) is 4.79 Å². The van der Waals surface area contributed by atoms with Gasteiger partial charge in [0.1, 0.15) is 0 Å². The van der Waals surface area contributed by atoms with Crippen LogP contribution in [0.5, 0.6) is 0 Å². The molecule has 2 nitrogen and oxygen atoms in total. The maximum Gasteiger partial charge on any atom is 0.252 e. The molecule has 0 aromatic heterocycles. The van der Waals surface area contributed by atoms with E-state index in [0.29, 0.717) is 0 Å². The fourth-order valence-corrected chi connectivity index (χ4v) is 3.37. The van der Waals surface area contributed by atoms with Crippen LogP contribution in [-0.2, 0) is 0 Å². The lowest BCUT2D eigenvalue weighted by molar-refractivity contribution is 0.0931. The molecule has 0 unspecified atom stereocenters. The number of alkyl halides is 1. The van der Waals surface area contributed by atoms with Gasteiger partial charge < -0.3 is 5.32 Å². The quantitative estimate of drug-likeness (QED) is 0.538. The summed E-state index contributed by atoms with van der Waals surface area (Å²) in [6.45, 7) is 5.06. The third-order valence-corrected chi connectivity index (χ3v) is 5.66. The van der Waals surface area contributed by atoms with E-state index < -0.39 is 0 Å². The second-order valence-electron chi connectivity index (χ2n) is 4.50. The number of hydrogen-bond donors (Lipinski definition) is 1. The van der Waals surface area contributed by atoms with Crippen molar-refractivity contribution in [1.29, 1.82) is 0 Å². The van der Waals surface area contributed by atoms with Gasteiger partial charge in [-0.2, -0.15) is 0 Å². The lowest BCUT2D eigenvalue weighted by Crippen LogP contribution is -2.38. The monoisotopic (exact) mass is 423 g/mol. The molecule has 1 aromatic carbocycles. The van der Waals surface area contributed by atoms with Gasteiger partial charge in [-0.1, -0.05) is 41.9 Å². The Morgan fingerprint density at radius 1 is 1.33 bits per heavy atom. The molecule has 1 rings (SSSR count). The van der Waals surface area contributed by atoms with Crippen molar-refractivity contribution in [2.75, 3.05) is 11.9 Å². The zero-order valence-electron chi connectivity index (χ0n) is 10.8. The highest BCUT2D eigenvalue weighted by molar-refractivity contribution is 14.1. The van der Waals surface area contributed by atoms with Crippen molar-refractivity contribution in [2.45, 2.75) is 26.7 Å². The standard InChI is InChI=1S/C14H19BrINO/c1-3-14(4-2,9-15)10-17-13(18)11-7-5-6-8-12(11)16/h5-8H,3-4,9-10H2,1-2H3,(H,17,18). The summed E-state index contributed by atoms with van der Waals surface area (Å²) in [5.74, 6) is 0.0206. The number of carbonyl (C=O) groups excluding carboxylic acids is 1. The Labute approximate surface area is 131 Å². The van der Waals surface area contributed by atoms with Crippen molar-refractivity contribution in [1.82, 2.24) is 5.32 Å². The van der Waals surface area contributed by atoms with E-state index in [1.165, 1.54) is 0 Å². The molecule has 0 bridgehead atoms. The van der Waals surface area contributed by atoms with Crippen LogP contribution in [0, 0.1) is 8.99 Å². The highest BCUT2D eigenvalue weighted by Gasteiger charge is 2.25. The van der Waals surface area contributed by atoms with E-state index in [4.69, 9.17) is 0 Å². The van der Waals surface area contributed by atoms with Crippen molar-refractivity contribution in [3.8, 4) is 0 Å². The van der Waals surface area contributed by atoms with Crippen LogP contribution in [0.2, 0.25) is 0 Å². The summed E-state index contributed by atoms with van der Waals surface area (Å²) in [5.41, 5.74) is 0.921. The third-order valence-electron chi connectivity index (χ3n) is 3.53. The molecule has 0 aliphatic heterocycles. The van der Waals surface area contributed by atoms with Crippen molar-refractivity contribution in [2.24, 2.45) is 5.41 Å². The number of amides is 1. The molecule has 0 aliphatic rings. The first kappa shape index (κ1) is 16.0. The van der Waals surface area contributed by atoms with E-state index in [1.807, 2.05) is 24.3 Å². The van der Waals surface area contributed by atoms with E-state index >= 15 is 0 Å². The molecule has 4 heteroatoms. The predicted molar refractivity (Wildman–Crippen MR) is 88.3 cm³/mol. The summed E-state index contributed by atoms with van der Waals surface area (Å²) in [7, 11) is 0. The highest BCUT2D eigenvalue weighted by atomic mass is 127. The Morgan fingerprint density at radius 2 is 1.94 bits per heavy atom. The van der Waals surface area contributed by atoms with Gasteiger partial charge in [0, 0.05) is 15.4 Å². The third kappa shape index (κ3) is 3.95. The summed E-state index contributed by atoms with van der Waals surface area (Å²) < 4.78 is 0.991. The van der Waals surface area contributed by atoms with Gasteiger partial charge in [-0.25, -0.2) is 0 Å². The topological polar surface area (TPSA) is 29.1 Å². The summed E-state index contributed by atoms with van der Waals surface area (Å²) >= 11 is 5.76. The maximum atomic E-state index is 12.1. The fourth-order valence-electron chi connectivity index (χ4n) is 1.74. The van der Waals surface area contributed by atoms with Crippen molar-refractivity contribution < 1.29 is 4.79 Å². The molecule has 0 spiro atoms. The summed E-state index contributed by atoms with van der Waals surface area (Å²) in [6, 6.07) is 7.66. The zero-order chi connectivity index (χ0) is 13.6. The average molecular weight is 424 g/mol. The number of halogens is 2. The van der Waals surface area contributed by atoms with Gasteiger partial charge in [0.2, 0.25) is 0 Å². The number of rotatable bonds is 6. The Kier molecular flexibility index (Phi) is 6.63. The number of carbonyl (C=O) groups is 1. The Bertz CT molecular complexity index is 396. The van der Waals surface area contributed by atoms with Gasteiger partial charge in [-0.15, -0.1) is 0 Å². The molecule has 1 aromatic rings. The molecule has 0 heterocycles. The van der Waals surface area contributed by atoms with E-state index in [-0.39, 0.29) is 11.3 Å². The minimum atomic E-state index is 0.0206. The Hall–Kier alpha value is -0.100. The molecule has 0 atom stereocenters. The maximum absolute atomic E-state index is 12.1. The van der Waals surface area contributed by atoms with Crippen LogP contribution in [0.4, 0.5) is 0 Å². The molecule has 0 saturated carbocycles. The van der Waals surface area contributed by atoms with Gasteiger partial charge in [0.25, 0.3) is 5.91 Å². The van der Waals surface area contributed by atoms with Crippen molar-refractivity contribution in [3.63, 3.8) is 0 Å². The van der Waals surface area contributed by atoms with E-state index in [1.54, 1.807) is 0 Å². The summed E-state index contributed by atoms with van der Waals surface area (Å²) in [6.07, 6.45) is 2.11. The second kappa shape index (κ2) is 7.48. The minimum absolute atomic E-state index is 0.0206. The SMILES string of the molecule is CCC(CC)(CBr)CNC(=O)c1ccccc1I. The Morgan fingerprint density at radius 3 is 2.44 bits per heavy atom. The average Bonchev–Trinajstić information content (AvgIpc) is 2.41. The van der Waals surface area contributed by atoms with Crippen LogP contribution in [0.15, 0.2) is 24.3 Å². The van der Waals surface area contributed by atoms with Gasteiger partial charge in [-0.05, 0) is 53.0 Å². The van der Waals surface area contributed by atoms with E-state index in [0.717, 1.165) is 33.9 Å². The van der Waals surface area contributed by atoms with Gasteiger partial charge >= 0.3 is 0 Å². The van der Waals surface area contributed by atoms with E-state index in [2.05, 4.69) is 57.7 Å². The molecule has 18 heavy (non-hydrogen) atoms. The van der Waals surface area contributed by atoms with Crippen molar-refractivity contribution >= 4 is 44.4 Å². The van der Waals surface area contributed by atoms with Crippen LogP contribution in [0.3, 0.4) is 0 Å². The van der Waals surface area contributed by atoms with Crippen LogP contribution >= 0.6 is 38.5 Å². The van der Waals surface area contributed by atoms with Gasteiger partial charge in [0.15, 0.2) is 0 Å². The molecule has 0 saturated heterocycles. The Balaban J connectivity index is 2.69. The van der Waals surface area contributed by atoms with Crippen LogP contribution in [0.25, 0.3) is 0 Å². The molecule has 1 amide bonds. The molecule has 0 radical (unpaired) electrons. The molecular formula is C14H19BrINO. The second-order valence-corrected chi connectivity index (χ2v) is 6.23. The smallest absolute Gasteiger partial charge is 0.252 e. The van der Waals surface area contributed by atoms with Crippen LogP contribution in [-0.4, -0.2) is 17.8 Å². The summed E-state index contributed by atoms with van der Waals surface area (Å²) in [5, 5.41) is 3.98. The first-order valence-corrected chi connectivity index (χ1v) is 8.37. The molecular weight excluding hydrogens is 405 g/mol. The normalized spacial score (nSPS) is 11.3. The number of nitrogens with one attached hydrogen (secondary N) is 1. The number of hydrogen-bond acceptors (Lipinski definition) is 1. The highest BCUT2D eigenvalue weighted by Crippen LogP contribution is 2.27. The van der Waals surface area contributed by atoms with Crippen LogP contribution in [0.1, 0.15) is 37.0 Å². The van der Waals surface area contributed by atoms with Crippen LogP contribution < -0.4 is 5.32 Å². The molecule has 1 N–H and O–H groups in total. The molecule has 100 valence electrons. The largest absolute Gasteiger partial charge is 0.351 e. The lowest BCUT2D eigenvalue weighted by Gasteiger charge is -2.29. The summed E-state index contributed by atoms with van der Waals surface area (Å²) in [4.78, 5) is 12.1. The minimum Gasteiger partial charge on any atom is -0.351 e.